The van der Waals surface area contributed by atoms with Gasteiger partial charge >= 0.3 is 35.5 Å². The molecule has 0 radical (unpaired) electrons. The Morgan fingerprint density at radius 2 is 1.51 bits per heavy atom. The van der Waals surface area contributed by atoms with Gasteiger partial charge in [-0.15, -0.1) is 0 Å². The van der Waals surface area contributed by atoms with Crippen molar-refractivity contribution in [2.45, 2.75) is 38.3 Å². The van der Waals surface area contributed by atoms with Crippen LogP contribution in [-0.4, -0.2) is 39.2 Å². The Morgan fingerprint density at radius 1 is 0.923 bits per heavy atom. The summed E-state index contributed by atoms with van der Waals surface area (Å²) in [6, 6.07) is 22.0. The minimum absolute atomic E-state index is 0. The number of nitrogens with zero attached hydrogens (tertiary/aromatic N) is 2. The van der Waals surface area contributed by atoms with Gasteiger partial charge in [0.25, 0.3) is 5.91 Å². The van der Waals surface area contributed by atoms with Crippen LogP contribution < -0.4 is 29.6 Å². The Balaban J connectivity index is 0.00000280. The second-order valence-corrected chi connectivity index (χ2v) is 10.0. The fraction of sp³-hybridized carbons (Fsp3) is 0.233. The third-order valence-corrected chi connectivity index (χ3v) is 7.13. The largest absolute Gasteiger partial charge is 1.00 e. The predicted octanol–water partition coefficient (Wildman–Crippen LogP) is 3.88. The first-order valence-corrected chi connectivity index (χ1v) is 13.2. The molecule has 1 aliphatic heterocycles. The maximum absolute atomic E-state index is 14.4. The third-order valence-electron chi connectivity index (χ3n) is 6.63. The number of hydrogen-bond donors (Lipinski definition) is 1. The van der Waals surface area contributed by atoms with E-state index in [1.54, 1.807) is 46.2 Å². The topological polar surface area (TPSA) is 77.9 Å². The van der Waals surface area contributed by atoms with Crippen LogP contribution in [0.15, 0.2) is 84.9 Å². The molecule has 198 valence electrons. The SMILES string of the molecule is C[C@H](c1ccc(Cl)cc1)N1C(=O)C=C(c2ccccc2)N(CCCCC(=O)O)C(=O)[C@@H]1c1ccc(Cl)cc1.[H-].[Na+]. The average molecular weight is 575 g/mol. The zero-order chi connectivity index (χ0) is 27.2. The smallest absolute Gasteiger partial charge is 1.00 e. The normalized spacial score (nSPS) is 16.3. The van der Waals surface area contributed by atoms with E-state index in [2.05, 4.69) is 0 Å². The Kier molecular flexibility index (Phi) is 11.2. The van der Waals surface area contributed by atoms with Crippen LogP contribution >= 0.6 is 23.2 Å². The Labute approximate surface area is 262 Å². The van der Waals surface area contributed by atoms with Gasteiger partial charge in [-0.3, -0.25) is 14.4 Å². The third kappa shape index (κ3) is 7.53. The first-order valence-electron chi connectivity index (χ1n) is 12.4. The molecule has 2 atom stereocenters. The molecule has 1 aliphatic rings. The summed E-state index contributed by atoms with van der Waals surface area (Å²) in [5.41, 5.74) is 2.68. The van der Waals surface area contributed by atoms with Crippen molar-refractivity contribution in [3.63, 3.8) is 0 Å². The molecule has 0 spiro atoms. The molecule has 0 aromatic heterocycles. The summed E-state index contributed by atoms with van der Waals surface area (Å²) in [6.07, 6.45) is 2.39. The Morgan fingerprint density at radius 3 is 2.10 bits per heavy atom. The second-order valence-electron chi connectivity index (χ2n) is 9.16. The molecule has 0 aliphatic carbocycles. The summed E-state index contributed by atoms with van der Waals surface area (Å²) in [5.74, 6) is -1.47. The maximum Gasteiger partial charge on any atom is 1.00 e. The number of halogens is 2. The maximum atomic E-state index is 14.4. The molecule has 0 saturated carbocycles. The van der Waals surface area contributed by atoms with Gasteiger partial charge in [0.2, 0.25) is 5.91 Å². The van der Waals surface area contributed by atoms with Crippen molar-refractivity contribution in [3.8, 4) is 0 Å². The molecule has 0 fully saturated rings. The molecule has 39 heavy (non-hydrogen) atoms. The van der Waals surface area contributed by atoms with Crippen molar-refractivity contribution in [1.29, 1.82) is 0 Å². The van der Waals surface area contributed by atoms with Crippen LogP contribution in [0.25, 0.3) is 5.70 Å². The zero-order valence-corrected chi connectivity index (χ0v) is 25.4. The minimum Gasteiger partial charge on any atom is -1.00 e. The second kappa shape index (κ2) is 14.1. The van der Waals surface area contributed by atoms with E-state index in [1.165, 1.54) is 6.08 Å². The molecule has 3 aromatic carbocycles. The van der Waals surface area contributed by atoms with Crippen LogP contribution in [0.5, 0.6) is 0 Å². The van der Waals surface area contributed by atoms with E-state index in [4.69, 9.17) is 28.3 Å². The van der Waals surface area contributed by atoms with E-state index >= 15 is 0 Å². The van der Waals surface area contributed by atoms with E-state index in [1.807, 2.05) is 49.4 Å². The Hall–Kier alpha value is -2.61. The number of carbonyl (C=O) groups excluding carboxylic acids is 2. The number of carbonyl (C=O) groups is 3. The molecule has 0 bridgehead atoms. The van der Waals surface area contributed by atoms with Gasteiger partial charge in [0, 0.05) is 29.1 Å². The number of unbranched alkanes of at least 4 members (excludes halogenated alkanes) is 1. The Bertz CT molecular complexity index is 1340. The van der Waals surface area contributed by atoms with Gasteiger partial charge in [-0.1, -0.05) is 77.8 Å². The monoisotopic (exact) mass is 574 g/mol. The van der Waals surface area contributed by atoms with Crippen LogP contribution in [0.2, 0.25) is 10.0 Å². The van der Waals surface area contributed by atoms with Gasteiger partial charge in [-0.2, -0.15) is 0 Å². The fourth-order valence-corrected chi connectivity index (χ4v) is 4.92. The molecule has 1 heterocycles. The first kappa shape index (κ1) is 30.9. The molecule has 0 unspecified atom stereocenters. The molecular weight excluding hydrogens is 546 g/mol. The molecule has 3 aromatic rings. The van der Waals surface area contributed by atoms with Crippen LogP contribution in [-0.2, 0) is 14.4 Å². The van der Waals surface area contributed by atoms with Crippen LogP contribution in [0.1, 0.15) is 56.4 Å². The standard InChI is InChI=1S/C30H28Cl2N2O4.Na.H/c1-20(21-10-14-24(31)15-11-21)34-27(35)19-26(22-7-3-2-4-8-22)33(18-6-5-9-28(36)37)30(38)29(34)23-12-16-25(32)17-13-23;;/h2-4,7-8,10-17,19-20,29H,5-6,9,18H2,1H3,(H,36,37);;/q;+1;-1/t20-,29+;;/m1../s1. The van der Waals surface area contributed by atoms with Gasteiger partial charge in [-0.25, -0.2) is 0 Å². The molecular formula is C30H29Cl2N2NaO4. The van der Waals surface area contributed by atoms with Gasteiger partial charge in [-0.05, 0) is 60.7 Å². The molecule has 1 N–H and O–H groups in total. The van der Waals surface area contributed by atoms with Crippen molar-refractivity contribution in [2.24, 2.45) is 0 Å². The van der Waals surface area contributed by atoms with E-state index in [-0.39, 0.29) is 55.8 Å². The molecule has 6 nitrogen and oxygen atoms in total. The van der Waals surface area contributed by atoms with E-state index in [9.17, 15) is 14.4 Å². The summed E-state index contributed by atoms with van der Waals surface area (Å²) >= 11 is 12.3. The number of carboxylic acids is 1. The number of hydrogen-bond acceptors (Lipinski definition) is 3. The van der Waals surface area contributed by atoms with Crippen molar-refractivity contribution in [2.75, 3.05) is 6.54 Å². The van der Waals surface area contributed by atoms with Crippen LogP contribution in [0.4, 0.5) is 0 Å². The van der Waals surface area contributed by atoms with Gasteiger partial charge in [0.15, 0.2) is 0 Å². The molecule has 0 saturated heterocycles. The van der Waals surface area contributed by atoms with E-state index in [0.717, 1.165) is 11.1 Å². The number of carboxylic acid groups (broad SMARTS) is 1. The van der Waals surface area contributed by atoms with Crippen molar-refractivity contribution >= 4 is 46.7 Å². The molecule has 2 amide bonds. The summed E-state index contributed by atoms with van der Waals surface area (Å²) in [5, 5.41) is 10.2. The first-order chi connectivity index (χ1) is 18.3. The fourth-order valence-electron chi connectivity index (χ4n) is 4.67. The van der Waals surface area contributed by atoms with E-state index < -0.39 is 18.1 Å². The van der Waals surface area contributed by atoms with Crippen LogP contribution in [0.3, 0.4) is 0 Å². The van der Waals surface area contributed by atoms with Crippen molar-refractivity contribution in [3.05, 3.63) is 112 Å². The minimum atomic E-state index is -0.928. The van der Waals surface area contributed by atoms with E-state index in [0.29, 0.717) is 34.1 Å². The van der Waals surface area contributed by atoms with Crippen molar-refractivity contribution in [1.82, 2.24) is 9.80 Å². The van der Waals surface area contributed by atoms with Gasteiger partial charge in [0.05, 0.1) is 11.7 Å². The summed E-state index contributed by atoms with van der Waals surface area (Å²) in [4.78, 5) is 42.7. The van der Waals surface area contributed by atoms with Gasteiger partial charge in [0.1, 0.15) is 6.04 Å². The number of amides is 2. The number of aliphatic carboxylic acids is 1. The molecule has 9 heteroatoms. The molecule has 4 rings (SSSR count). The average Bonchev–Trinajstić information content (AvgIpc) is 3.01. The number of benzene rings is 3. The summed E-state index contributed by atoms with van der Waals surface area (Å²) in [7, 11) is 0. The number of rotatable bonds is 9. The van der Waals surface area contributed by atoms with Crippen molar-refractivity contribution < 1.29 is 50.5 Å². The predicted molar refractivity (Wildman–Crippen MR) is 150 cm³/mol. The quantitative estimate of drug-likeness (QED) is 0.311. The summed E-state index contributed by atoms with van der Waals surface area (Å²) < 4.78 is 0. The van der Waals surface area contributed by atoms with Crippen LogP contribution in [0, 0.1) is 0 Å². The summed E-state index contributed by atoms with van der Waals surface area (Å²) in [6.45, 7) is 2.16. The zero-order valence-electron chi connectivity index (χ0n) is 22.9. The van der Waals surface area contributed by atoms with Gasteiger partial charge < -0.3 is 16.3 Å².